The van der Waals surface area contributed by atoms with Crippen molar-refractivity contribution in [2.75, 3.05) is 44.7 Å². The highest BCUT2D eigenvalue weighted by atomic mass is 35.5. The van der Waals surface area contributed by atoms with E-state index in [1.54, 1.807) is 7.11 Å². The minimum absolute atomic E-state index is 0.0355. The molecule has 144 valence electrons. The lowest BCUT2D eigenvalue weighted by molar-refractivity contribution is -0.122. The fourth-order valence-corrected chi connectivity index (χ4v) is 3.54. The Bertz CT molecular complexity index is 789. The standard InChI is InChI=1S/C21H26ClN3O2/c1-16-7-8-18(22)13-19(16)25-11-9-24(10-12-25)15-21(26)23-14-17-5-3-4-6-20(17)27-2/h3-8,13H,9-12,14-15H2,1-2H3,(H,23,26). The van der Waals surface area contributed by atoms with Crippen LogP contribution in [0.4, 0.5) is 5.69 Å². The highest BCUT2D eigenvalue weighted by Gasteiger charge is 2.20. The van der Waals surface area contributed by atoms with Crippen LogP contribution < -0.4 is 15.0 Å². The lowest BCUT2D eigenvalue weighted by Gasteiger charge is -2.36. The van der Waals surface area contributed by atoms with Crippen LogP contribution in [-0.4, -0.2) is 50.6 Å². The predicted octanol–water partition coefficient (Wildman–Crippen LogP) is 3.10. The van der Waals surface area contributed by atoms with Crippen molar-refractivity contribution >= 4 is 23.2 Å². The van der Waals surface area contributed by atoms with Gasteiger partial charge in [-0.15, -0.1) is 0 Å². The number of benzene rings is 2. The van der Waals surface area contributed by atoms with E-state index >= 15 is 0 Å². The number of nitrogens with one attached hydrogen (secondary N) is 1. The van der Waals surface area contributed by atoms with Gasteiger partial charge < -0.3 is 15.0 Å². The molecule has 1 aliphatic rings. The van der Waals surface area contributed by atoms with Crippen LogP contribution in [0, 0.1) is 6.92 Å². The van der Waals surface area contributed by atoms with Crippen LogP contribution in [0.1, 0.15) is 11.1 Å². The quantitative estimate of drug-likeness (QED) is 0.827. The molecule has 2 aromatic carbocycles. The highest BCUT2D eigenvalue weighted by molar-refractivity contribution is 6.30. The summed E-state index contributed by atoms with van der Waals surface area (Å²) in [6.07, 6.45) is 0. The Labute approximate surface area is 165 Å². The molecule has 3 rings (SSSR count). The molecule has 1 amide bonds. The molecule has 1 aliphatic heterocycles. The summed E-state index contributed by atoms with van der Waals surface area (Å²) in [7, 11) is 1.64. The van der Waals surface area contributed by atoms with E-state index in [1.807, 2.05) is 36.4 Å². The molecule has 0 saturated carbocycles. The Morgan fingerprint density at radius 3 is 2.63 bits per heavy atom. The molecule has 1 N–H and O–H groups in total. The molecule has 1 heterocycles. The number of hydrogen-bond acceptors (Lipinski definition) is 4. The number of rotatable bonds is 6. The number of para-hydroxylation sites is 1. The number of amides is 1. The van der Waals surface area contributed by atoms with Crippen LogP contribution in [0.25, 0.3) is 0 Å². The average Bonchev–Trinajstić information content (AvgIpc) is 2.69. The molecule has 0 aliphatic carbocycles. The van der Waals surface area contributed by atoms with Gasteiger partial charge in [0.05, 0.1) is 13.7 Å². The minimum Gasteiger partial charge on any atom is -0.496 e. The molecule has 0 spiro atoms. The fourth-order valence-electron chi connectivity index (χ4n) is 3.37. The van der Waals surface area contributed by atoms with Crippen molar-refractivity contribution in [3.8, 4) is 5.75 Å². The third kappa shape index (κ3) is 5.15. The van der Waals surface area contributed by atoms with Crippen molar-refractivity contribution < 1.29 is 9.53 Å². The van der Waals surface area contributed by atoms with Gasteiger partial charge in [-0.05, 0) is 30.7 Å². The first-order valence-electron chi connectivity index (χ1n) is 9.19. The predicted molar refractivity (Wildman–Crippen MR) is 110 cm³/mol. The van der Waals surface area contributed by atoms with E-state index in [2.05, 4.69) is 28.1 Å². The number of methoxy groups -OCH3 is 1. The summed E-state index contributed by atoms with van der Waals surface area (Å²) in [6, 6.07) is 13.7. The molecule has 0 atom stereocenters. The summed E-state index contributed by atoms with van der Waals surface area (Å²) in [5.41, 5.74) is 3.39. The summed E-state index contributed by atoms with van der Waals surface area (Å²) in [6.45, 7) is 6.48. The summed E-state index contributed by atoms with van der Waals surface area (Å²) < 4.78 is 5.32. The van der Waals surface area contributed by atoms with E-state index in [1.165, 1.54) is 11.3 Å². The molecule has 27 heavy (non-hydrogen) atoms. The molecule has 0 unspecified atom stereocenters. The molecule has 1 fully saturated rings. The number of ether oxygens (including phenoxy) is 1. The molecular weight excluding hydrogens is 362 g/mol. The van der Waals surface area contributed by atoms with Crippen molar-refractivity contribution in [1.82, 2.24) is 10.2 Å². The van der Waals surface area contributed by atoms with Crippen LogP contribution in [0.3, 0.4) is 0 Å². The van der Waals surface area contributed by atoms with Crippen molar-refractivity contribution in [2.45, 2.75) is 13.5 Å². The maximum absolute atomic E-state index is 12.3. The number of piperazine rings is 1. The first-order valence-corrected chi connectivity index (χ1v) is 9.56. The summed E-state index contributed by atoms with van der Waals surface area (Å²) in [5.74, 6) is 0.830. The average molecular weight is 388 g/mol. The summed E-state index contributed by atoms with van der Waals surface area (Å²) in [4.78, 5) is 16.8. The topological polar surface area (TPSA) is 44.8 Å². The number of nitrogens with zero attached hydrogens (tertiary/aromatic N) is 2. The Morgan fingerprint density at radius 2 is 1.89 bits per heavy atom. The zero-order valence-electron chi connectivity index (χ0n) is 15.9. The first-order chi connectivity index (χ1) is 13.1. The monoisotopic (exact) mass is 387 g/mol. The molecular formula is C21H26ClN3O2. The second-order valence-corrected chi connectivity index (χ2v) is 7.22. The van der Waals surface area contributed by atoms with Crippen molar-refractivity contribution in [1.29, 1.82) is 0 Å². The molecule has 0 aromatic heterocycles. The van der Waals surface area contributed by atoms with Crippen LogP contribution in [0.5, 0.6) is 5.75 Å². The van der Waals surface area contributed by atoms with Gasteiger partial charge in [-0.1, -0.05) is 35.9 Å². The zero-order valence-corrected chi connectivity index (χ0v) is 16.6. The maximum atomic E-state index is 12.3. The second-order valence-electron chi connectivity index (χ2n) is 6.78. The Morgan fingerprint density at radius 1 is 1.15 bits per heavy atom. The van der Waals surface area contributed by atoms with Gasteiger partial charge in [-0.2, -0.15) is 0 Å². The molecule has 6 heteroatoms. The van der Waals surface area contributed by atoms with Gasteiger partial charge in [0.25, 0.3) is 0 Å². The van der Waals surface area contributed by atoms with Gasteiger partial charge >= 0.3 is 0 Å². The Kier molecular flexibility index (Phi) is 6.58. The summed E-state index contributed by atoms with van der Waals surface area (Å²) >= 11 is 6.14. The largest absolute Gasteiger partial charge is 0.496 e. The molecule has 5 nitrogen and oxygen atoms in total. The second kappa shape index (κ2) is 9.11. The van der Waals surface area contributed by atoms with Crippen LogP contribution in [0.2, 0.25) is 5.02 Å². The fraction of sp³-hybridized carbons (Fsp3) is 0.381. The van der Waals surface area contributed by atoms with Crippen LogP contribution in [0.15, 0.2) is 42.5 Å². The Balaban J connectivity index is 1.47. The van der Waals surface area contributed by atoms with Gasteiger partial charge in [0, 0.05) is 49.0 Å². The lowest BCUT2D eigenvalue weighted by Crippen LogP contribution is -2.49. The van der Waals surface area contributed by atoms with Gasteiger partial charge in [-0.25, -0.2) is 0 Å². The molecule has 1 saturated heterocycles. The minimum atomic E-state index is 0.0355. The maximum Gasteiger partial charge on any atom is 0.234 e. The van der Waals surface area contributed by atoms with Crippen molar-refractivity contribution in [2.24, 2.45) is 0 Å². The number of carbonyl (C=O) groups is 1. The summed E-state index contributed by atoms with van der Waals surface area (Å²) in [5, 5.41) is 3.75. The number of aryl methyl sites for hydroxylation is 1. The smallest absolute Gasteiger partial charge is 0.234 e. The van der Waals surface area contributed by atoms with Gasteiger partial charge in [0.2, 0.25) is 5.91 Å². The molecule has 2 aromatic rings. The molecule has 0 radical (unpaired) electrons. The number of halogens is 1. The van der Waals surface area contributed by atoms with Crippen molar-refractivity contribution in [3.05, 3.63) is 58.6 Å². The SMILES string of the molecule is COc1ccccc1CNC(=O)CN1CCN(c2cc(Cl)ccc2C)CC1. The molecule has 0 bridgehead atoms. The number of anilines is 1. The lowest BCUT2D eigenvalue weighted by atomic mass is 10.1. The number of carbonyl (C=O) groups excluding carboxylic acids is 1. The van der Waals surface area contributed by atoms with Gasteiger partial charge in [0.1, 0.15) is 5.75 Å². The third-order valence-electron chi connectivity index (χ3n) is 4.92. The van der Waals surface area contributed by atoms with Crippen LogP contribution >= 0.6 is 11.6 Å². The van der Waals surface area contributed by atoms with E-state index in [0.717, 1.165) is 42.5 Å². The highest BCUT2D eigenvalue weighted by Crippen LogP contribution is 2.25. The van der Waals surface area contributed by atoms with E-state index < -0.39 is 0 Å². The number of hydrogen-bond donors (Lipinski definition) is 1. The Hall–Kier alpha value is -2.24. The third-order valence-corrected chi connectivity index (χ3v) is 5.16. The van der Waals surface area contributed by atoms with E-state index in [9.17, 15) is 4.79 Å². The normalized spacial score (nSPS) is 14.9. The zero-order chi connectivity index (χ0) is 19.2. The van der Waals surface area contributed by atoms with E-state index in [-0.39, 0.29) is 5.91 Å². The first kappa shape index (κ1) is 19.5. The van der Waals surface area contributed by atoms with E-state index in [0.29, 0.717) is 13.1 Å². The van der Waals surface area contributed by atoms with Crippen LogP contribution in [-0.2, 0) is 11.3 Å². The van der Waals surface area contributed by atoms with Crippen molar-refractivity contribution in [3.63, 3.8) is 0 Å². The van der Waals surface area contributed by atoms with Gasteiger partial charge in [0.15, 0.2) is 0 Å². The van der Waals surface area contributed by atoms with Gasteiger partial charge in [-0.3, -0.25) is 9.69 Å². The van der Waals surface area contributed by atoms with E-state index in [4.69, 9.17) is 16.3 Å².